The summed E-state index contributed by atoms with van der Waals surface area (Å²) in [5.74, 6) is -2.05. The van der Waals surface area contributed by atoms with Crippen molar-refractivity contribution in [1.29, 1.82) is 0 Å². The molecule has 0 saturated heterocycles. The molecule has 144 valence electrons. The lowest BCUT2D eigenvalue weighted by Gasteiger charge is -2.29. The molecule has 0 bridgehead atoms. The summed E-state index contributed by atoms with van der Waals surface area (Å²) in [6.45, 7) is 3.90. The minimum absolute atomic E-state index is 0.00836. The highest BCUT2D eigenvalue weighted by Crippen LogP contribution is 2.40. The highest BCUT2D eigenvalue weighted by Gasteiger charge is 2.39. The molecule has 0 aromatic heterocycles. The Hall–Kier alpha value is -3.28. The zero-order valence-electron chi connectivity index (χ0n) is 15.8. The van der Waals surface area contributed by atoms with Crippen LogP contribution in [-0.4, -0.2) is 23.3 Å². The number of carbonyl (C=O) groups is 2. The summed E-state index contributed by atoms with van der Waals surface area (Å²) in [7, 11) is 0. The Morgan fingerprint density at radius 3 is 2.36 bits per heavy atom. The summed E-state index contributed by atoms with van der Waals surface area (Å²) in [6.07, 6.45) is 1.93. The van der Waals surface area contributed by atoms with Gasteiger partial charge in [-0.1, -0.05) is 29.8 Å². The van der Waals surface area contributed by atoms with Gasteiger partial charge in [-0.2, -0.15) is 0 Å². The Labute approximate surface area is 163 Å². The second-order valence-electron chi connectivity index (χ2n) is 6.83. The van der Waals surface area contributed by atoms with E-state index in [-0.39, 0.29) is 24.0 Å². The number of benzene rings is 2. The van der Waals surface area contributed by atoms with Crippen molar-refractivity contribution in [2.24, 2.45) is 5.92 Å². The van der Waals surface area contributed by atoms with Crippen molar-refractivity contribution in [3.05, 3.63) is 81.4 Å². The molecule has 0 radical (unpaired) electrons. The standard InChI is InChI=1S/C22H21NO5/c1-3-28-22(25)21-19(16-6-4-14(2)5-7-16)12-17(13-20(21)24)15-8-10-18(11-9-15)23(26)27/h4-11,13,19,21H,3,12H2,1-2H3. The van der Waals surface area contributed by atoms with Gasteiger partial charge >= 0.3 is 5.97 Å². The number of nitro groups is 1. The van der Waals surface area contributed by atoms with Gasteiger partial charge < -0.3 is 4.74 Å². The van der Waals surface area contributed by atoms with Gasteiger partial charge in [-0.3, -0.25) is 19.7 Å². The van der Waals surface area contributed by atoms with E-state index in [0.29, 0.717) is 6.42 Å². The molecule has 0 amide bonds. The van der Waals surface area contributed by atoms with Crippen LogP contribution in [0.25, 0.3) is 5.57 Å². The first-order valence-electron chi connectivity index (χ1n) is 9.13. The molecule has 1 aliphatic carbocycles. The van der Waals surface area contributed by atoms with Crippen LogP contribution in [0.2, 0.25) is 0 Å². The second kappa shape index (κ2) is 8.17. The van der Waals surface area contributed by atoms with Gasteiger partial charge in [0.25, 0.3) is 5.69 Å². The zero-order chi connectivity index (χ0) is 20.3. The fraction of sp³-hybridized carbons (Fsp3) is 0.273. The normalized spacial score (nSPS) is 19.1. The topological polar surface area (TPSA) is 86.5 Å². The molecule has 0 heterocycles. The number of esters is 1. The summed E-state index contributed by atoms with van der Waals surface area (Å²) in [5, 5.41) is 10.9. The van der Waals surface area contributed by atoms with E-state index >= 15 is 0 Å². The number of hydrogen-bond acceptors (Lipinski definition) is 5. The minimum Gasteiger partial charge on any atom is -0.465 e. The van der Waals surface area contributed by atoms with E-state index < -0.39 is 16.8 Å². The minimum atomic E-state index is -0.885. The first kappa shape index (κ1) is 19.5. The van der Waals surface area contributed by atoms with E-state index in [9.17, 15) is 19.7 Å². The highest BCUT2D eigenvalue weighted by atomic mass is 16.6. The molecule has 0 fully saturated rings. The van der Waals surface area contributed by atoms with Gasteiger partial charge in [-0.25, -0.2) is 0 Å². The largest absolute Gasteiger partial charge is 0.465 e. The van der Waals surface area contributed by atoms with E-state index in [1.54, 1.807) is 19.1 Å². The lowest BCUT2D eigenvalue weighted by molar-refractivity contribution is -0.384. The fourth-order valence-corrected chi connectivity index (χ4v) is 3.51. The average molecular weight is 379 g/mol. The van der Waals surface area contributed by atoms with Crippen molar-refractivity contribution in [2.75, 3.05) is 6.61 Å². The molecule has 0 aliphatic heterocycles. The Morgan fingerprint density at radius 2 is 1.79 bits per heavy atom. The summed E-state index contributed by atoms with van der Waals surface area (Å²) in [4.78, 5) is 35.7. The number of nitrogens with zero attached hydrogens (tertiary/aromatic N) is 1. The maximum atomic E-state index is 12.8. The molecule has 2 aromatic rings. The Morgan fingerprint density at radius 1 is 1.14 bits per heavy atom. The second-order valence-corrected chi connectivity index (χ2v) is 6.83. The van der Waals surface area contributed by atoms with Crippen LogP contribution in [0.3, 0.4) is 0 Å². The molecular weight excluding hydrogens is 358 g/mol. The Kier molecular flexibility index (Phi) is 5.68. The number of ether oxygens (including phenoxy) is 1. The van der Waals surface area contributed by atoms with Crippen molar-refractivity contribution < 1.29 is 19.2 Å². The maximum Gasteiger partial charge on any atom is 0.317 e. The van der Waals surface area contributed by atoms with Crippen LogP contribution in [0.15, 0.2) is 54.6 Å². The SMILES string of the molecule is CCOC(=O)C1C(=O)C=C(c2ccc([N+](=O)[O-])cc2)CC1c1ccc(C)cc1. The molecule has 0 saturated carbocycles. The third-order valence-corrected chi connectivity index (χ3v) is 4.96. The average Bonchev–Trinajstić information content (AvgIpc) is 2.68. The van der Waals surface area contributed by atoms with Gasteiger partial charge in [0.1, 0.15) is 5.92 Å². The van der Waals surface area contributed by atoms with Crippen molar-refractivity contribution in [3.63, 3.8) is 0 Å². The first-order valence-corrected chi connectivity index (χ1v) is 9.13. The molecule has 1 aliphatic rings. The van der Waals surface area contributed by atoms with Gasteiger partial charge in [0.2, 0.25) is 0 Å². The summed E-state index contributed by atoms with van der Waals surface area (Å²) >= 11 is 0. The predicted molar refractivity (Wildman–Crippen MR) is 105 cm³/mol. The Balaban J connectivity index is 1.99. The molecule has 2 unspecified atom stereocenters. The van der Waals surface area contributed by atoms with E-state index in [4.69, 9.17) is 4.74 Å². The summed E-state index contributed by atoms with van der Waals surface area (Å²) in [5.41, 5.74) is 3.46. The van der Waals surface area contributed by atoms with Crippen LogP contribution in [0.5, 0.6) is 0 Å². The number of carbonyl (C=O) groups excluding carboxylic acids is 2. The quantitative estimate of drug-likeness (QED) is 0.336. The number of hydrogen-bond donors (Lipinski definition) is 0. The van der Waals surface area contributed by atoms with Crippen LogP contribution in [0.1, 0.15) is 36.0 Å². The molecule has 0 N–H and O–H groups in total. The molecule has 6 nitrogen and oxygen atoms in total. The van der Waals surface area contributed by atoms with Crippen LogP contribution in [-0.2, 0) is 14.3 Å². The molecule has 6 heteroatoms. The number of allylic oxidation sites excluding steroid dienone is 2. The highest BCUT2D eigenvalue weighted by molar-refractivity contribution is 6.10. The summed E-state index contributed by atoms with van der Waals surface area (Å²) < 4.78 is 5.15. The summed E-state index contributed by atoms with van der Waals surface area (Å²) in [6, 6.07) is 13.9. The van der Waals surface area contributed by atoms with Crippen molar-refractivity contribution in [2.45, 2.75) is 26.2 Å². The van der Waals surface area contributed by atoms with E-state index in [1.807, 2.05) is 31.2 Å². The van der Waals surface area contributed by atoms with Gasteiger partial charge in [0.15, 0.2) is 5.78 Å². The predicted octanol–water partition coefficient (Wildman–Crippen LogP) is 4.22. The number of rotatable bonds is 5. The van der Waals surface area contributed by atoms with Gasteiger partial charge in [0, 0.05) is 18.1 Å². The maximum absolute atomic E-state index is 12.8. The van der Waals surface area contributed by atoms with Crippen LogP contribution in [0.4, 0.5) is 5.69 Å². The number of ketones is 1. The van der Waals surface area contributed by atoms with Crippen molar-refractivity contribution in [1.82, 2.24) is 0 Å². The van der Waals surface area contributed by atoms with Gasteiger partial charge in [-0.05, 0) is 55.2 Å². The third kappa shape index (κ3) is 4.01. The van der Waals surface area contributed by atoms with Gasteiger partial charge in [-0.15, -0.1) is 0 Å². The smallest absolute Gasteiger partial charge is 0.317 e. The van der Waals surface area contributed by atoms with E-state index in [2.05, 4.69) is 0 Å². The number of nitro benzene ring substituents is 1. The van der Waals surface area contributed by atoms with Crippen molar-refractivity contribution >= 4 is 23.0 Å². The third-order valence-electron chi connectivity index (χ3n) is 4.96. The van der Waals surface area contributed by atoms with Gasteiger partial charge in [0.05, 0.1) is 11.5 Å². The Bertz CT molecular complexity index is 928. The number of non-ortho nitro benzene ring substituents is 1. The lowest BCUT2D eigenvalue weighted by Crippen LogP contribution is -2.34. The van der Waals surface area contributed by atoms with Crippen LogP contribution >= 0.6 is 0 Å². The number of aryl methyl sites for hydroxylation is 1. The van der Waals surface area contributed by atoms with Crippen LogP contribution in [0, 0.1) is 23.0 Å². The monoisotopic (exact) mass is 379 g/mol. The lowest BCUT2D eigenvalue weighted by atomic mass is 9.73. The fourth-order valence-electron chi connectivity index (χ4n) is 3.51. The van der Waals surface area contributed by atoms with Crippen molar-refractivity contribution in [3.8, 4) is 0 Å². The molecule has 2 aromatic carbocycles. The molecule has 0 spiro atoms. The molecular formula is C22H21NO5. The zero-order valence-corrected chi connectivity index (χ0v) is 15.8. The molecule has 28 heavy (non-hydrogen) atoms. The molecule has 2 atom stereocenters. The van der Waals surface area contributed by atoms with E-state index in [1.165, 1.54) is 18.2 Å². The first-order chi connectivity index (χ1) is 13.4. The van der Waals surface area contributed by atoms with E-state index in [0.717, 1.165) is 22.3 Å². The molecule has 3 rings (SSSR count). The van der Waals surface area contributed by atoms with Crippen LogP contribution < -0.4 is 0 Å².